The van der Waals surface area contributed by atoms with E-state index in [0.717, 1.165) is 11.4 Å². The van der Waals surface area contributed by atoms with Crippen LogP contribution in [0.15, 0.2) is 24.4 Å². The van der Waals surface area contributed by atoms with E-state index in [2.05, 4.69) is 25.9 Å². The first-order valence-electron chi connectivity index (χ1n) is 5.60. The van der Waals surface area contributed by atoms with Gasteiger partial charge in [-0.25, -0.2) is 4.68 Å². The lowest BCUT2D eigenvalue weighted by molar-refractivity contribution is 0.562. The van der Waals surface area contributed by atoms with Gasteiger partial charge in [-0.3, -0.25) is 0 Å². The minimum absolute atomic E-state index is 0.103. The maximum absolute atomic E-state index is 6.15. The molecule has 5 heteroatoms. The van der Waals surface area contributed by atoms with Crippen molar-refractivity contribution in [2.24, 2.45) is 0 Å². The molecule has 0 unspecified atom stereocenters. The van der Waals surface area contributed by atoms with E-state index in [4.69, 9.17) is 28.9 Å². The van der Waals surface area contributed by atoms with Crippen LogP contribution in [0.4, 0.5) is 5.69 Å². The van der Waals surface area contributed by atoms with Crippen molar-refractivity contribution in [1.29, 1.82) is 0 Å². The van der Waals surface area contributed by atoms with Crippen LogP contribution in [0.2, 0.25) is 10.0 Å². The third-order valence-electron chi connectivity index (χ3n) is 2.61. The van der Waals surface area contributed by atoms with E-state index in [9.17, 15) is 0 Å². The Morgan fingerprint density at radius 3 is 2.39 bits per heavy atom. The van der Waals surface area contributed by atoms with Crippen molar-refractivity contribution in [3.8, 4) is 5.69 Å². The molecule has 0 radical (unpaired) electrons. The number of anilines is 1. The summed E-state index contributed by atoms with van der Waals surface area (Å²) in [6, 6.07) is 5.29. The molecule has 0 aliphatic rings. The van der Waals surface area contributed by atoms with Gasteiger partial charge in [-0.1, -0.05) is 44.0 Å². The summed E-state index contributed by atoms with van der Waals surface area (Å²) >= 11 is 12.0. The lowest BCUT2D eigenvalue weighted by Crippen LogP contribution is -2.14. The number of nitrogens with two attached hydrogens (primary N) is 1. The lowest BCUT2D eigenvalue weighted by atomic mass is 9.92. The van der Waals surface area contributed by atoms with Crippen molar-refractivity contribution in [3.05, 3.63) is 40.1 Å². The second-order valence-corrected chi connectivity index (χ2v) is 6.07. The molecular formula is C13H15Cl2N3. The Morgan fingerprint density at radius 2 is 1.89 bits per heavy atom. The summed E-state index contributed by atoms with van der Waals surface area (Å²) in [5.41, 5.74) is 8.17. The SMILES string of the molecule is CC(C)(C)c1nn(-c2ccc(Cl)cc2Cl)cc1N. The fourth-order valence-electron chi connectivity index (χ4n) is 1.76. The third kappa shape index (κ3) is 2.47. The number of benzene rings is 1. The molecule has 0 aliphatic heterocycles. The van der Waals surface area contributed by atoms with Gasteiger partial charge in [0.05, 0.1) is 28.3 Å². The molecule has 0 bridgehead atoms. The molecule has 2 N–H and O–H groups in total. The Morgan fingerprint density at radius 1 is 1.22 bits per heavy atom. The molecule has 3 nitrogen and oxygen atoms in total. The summed E-state index contributed by atoms with van der Waals surface area (Å²) in [6.07, 6.45) is 1.77. The number of aromatic nitrogens is 2. The molecule has 0 amide bonds. The molecular weight excluding hydrogens is 269 g/mol. The molecule has 1 aromatic carbocycles. The first kappa shape index (κ1) is 13.2. The van der Waals surface area contributed by atoms with Crippen LogP contribution in [0, 0.1) is 0 Å². The van der Waals surface area contributed by atoms with Gasteiger partial charge < -0.3 is 5.73 Å². The Balaban J connectivity index is 2.53. The summed E-state index contributed by atoms with van der Waals surface area (Å²) in [5.74, 6) is 0. The van der Waals surface area contributed by atoms with E-state index < -0.39 is 0 Å². The van der Waals surface area contributed by atoms with Crippen molar-refractivity contribution >= 4 is 28.9 Å². The largest absolute Gasteiger partial charge is 0.396 e. The van der Waals surface area contributed by atoms with Crippen molar-refractivity contribution in [3.63, 3.8) is 0 Å². The summed E-state index contributed by atoms with van der Waals surface area (Å²) in [5, 5.41) is 5.65. The fourth-order valence-corrected chi connectivity index (χ4v) is 2.26. The fraction of sp³-hybridized carbons (Fsp3) is 0.308. The van der Waals surface area contributed by atoms with Crippen LogP contribution in [-0.4, -0.2) is 9.78 Å². The minimum atomic E-state index is -0.103. The van der Waals surface area contributed by atoms with Crippen LogP contribution in [0.3, 0.4) is 0 Å². The molecule has 2 rings (SSSR count). The topological polar surface area (TPSA) is 43.8 Å². The van der Waals surface area contributed by atoms with Crippen molar-refractivity contribution in [1.82, 2.24) is 9.78 Å². The molecule has 0 saturated carbocycles. The molecule has 2 aromatic rings. The number of hydrogen-bond donors (Lipinski definition) is 1. The normalized spacial score (nSPS) is 11.8. The van der Waals surface area contributed by atoms with E-state index >= 15 is 0 Å². The van der Waals surface area contributed by atoms with Gasteiger partial charge in [-0.05, 0) is 18.2 Å². The van der Waals surface area contributed by atoms with Gasteiger partial charge in [0.15, 0.2) is 0 Å². The first-order chi connectivity index (χ1) is 8.29. The van der Waals surface area contributed by atoms with Crippen molar-refractivity contribution < 1.29 is 0 Å². The van der Waals surface area contributed by atoms with Crippen LogP contribution in [0.25, 0.3) is 5.69 Å². The maximum Gasteiger partial charge on any atom is 0.0911 e. The van der Waals surface area contributed by atoms with Crippen LogP contribution >= 0.6 is 23.2 Å². The molecule has 96 valence electrons. The van der Waals surface area contributed by atoms with Gasteiger partial charge in [0.25, 0.3) is 0 Å². The average Bonchev–Trinajstić information content (AvgIpc) is 2.59. The standard InChI is InChI=1S/C13H15Cl2N3/c1-13(2,3)12-10(16)7-18(17-12)11-5-4-8(14)6-9(11)15/h4-7H,16H2,1-3H3. The summed E-state index contributed by atoms with van der Waals surface area (Å²) in [7, 11) is 0. The Bertz CT molecular complexity index is 582. The number of nitrogens with zero attached hydrogens (tertiary/aromatic N) is 2. The zero-order valence-corrected chi connectivity index (χ0v) is 12.0. The molecule has 0 aliphatic carbocycles. The van der Waals surface area contributed by atoms with Crippen molar-refractivity contribution in [2.45, 2.75) is 26.2 Å². The van der Waals surface area contributed by atoms with E-state index in [1.54, 1.807) is 23.0 Å². The van der Waals surface area contributed by atoms with Gasteiger partial charge >= 0.3 is 0 Å². The Hall–Kier alpha value is -1.19. The van der Waals surface area contributed by atoms with E-state index in [0.29, 0.717) is 15.7 Å². The van der Waals surface area contributed by atoms with Gasteiger partial charge in [-0.15, -0.1) is 0 Å². The predicted octanol–water partition coefficient (Wildman–Crippen LogP) is 4.06. The monoisotopic (exact) mass is 283 g/mol. The third-order valence-corrected chi connectivity index (χ3v) is 3.15. The molecule has 18 heavy (non-hydrogen) atoms. The van der Waals surface area contributed by atoms with Crippen LogP contribution in [-0.2, 0) is 5.41 Å². The van der Waals surface area contributed by atoms with E-state index in [1.165, 1.54) is 0 Å². The van der Waals surface area contributed by atoms with Crippen LogP contribution in [0.1, 0.15) is 26.5 Å². The molecule has 0 saturated heterocycles. The highest BCUT2D eigenvalue weighted by Crippen LogP contribution is 2.29. The van der Waals surface area contributed by atoms with Crippen molar-refractivity contribution in [2.75, 3.05) is 5.73 Å². The molecule has 0 atom stereocenters. The molecule has 0 fully saturated rings. The van der Waals surface area contributed by atoms with Gasteiger partial charge in [0.2, 0.25) is 0 Å². The highest BCUT2D eigenvalue weighted by Gasteiger charge is 2.21. The summed E-state index contributed by atoms with van der Waals surface area (Å²) in [4.78, 5) is 0. The predicted molar refractivity (Wildman–Crippen MR) is 76.7 cm³/mol. The Kier molecular flexibility index (Phi) is 3.30. The second-order valence-electron chi connectivity index (χ2n) is 5.22. The second kappa shape index (κ2) is 4.48. The number of halogens is 2. The highest BCUT2D eigenvalue weighted by molar-refractivity contribution is 6.35. The van der Waals surface area contributed by atoms with Gasteiger partial charge in [-0.2, -0.15) is 5.10 Å². The van der Waals surface area contributed by atoms with Gasteiger partial charge in [0.1, 0.15) is 0 Å². The molecule has 0 spiro atoms. The first-order valence-corrected chi connectivity index (χ1v) is 6.35. The maximum atomic E-state index is 6.15. The van der Waals surface area contributed by atoms with E-state index in [1.807, 2.05) is 6.07 Å². The number of rotatable bonds is 1. The lowest BCUT2D eigenvalue weighted by Gasteiger charge is -2.15. The minimum Gasteiger partial charge on any atom is -0.396 e. The van der Waals surface area contributed by atoms with Crippen LogP contribution in [0.5, 0.6) is 0 Å². The van der Waals surface area contributed by atoms with E-state index in [-0.39, 0.29) is 5.41 Å². The average molecular weight is 284 g/mol. The summed E-state index contributed by atoms with van der Waals surface area (Å²) in [6.45, 7) is 6.21. The zero-order chi connectivity index (χ0) is 13.5. The smallest absolute Gasteiger partial charge is 0.0911 e. The zero-order valence-electron chi connectivity index (χ0n) is 10.5. The van der Waals surface area contributed by atoms with Crippen LogP contribution < -0.4 is 5.73 Å². The Labute approximate surface area is 117 Å². The number of nitrogen functional groups attached to an aromatic ring is 1. The van der Waals surface area contributed by atoms with Gasteiger partial charge in [0, 0.05) is 10.4 Å². The highest BCUT2D eigenvalue weighted by atomic mass is 35.5. The molecule has 1 heterocycles. The summed E-state index contributed by atoms with van der Waals surface area (Å²) < 4.78 is 1.69. The quantitative estimate of drug-likeness (QED) is 0.858. The number of hydrogen-bond acceptors (Lipinski definition) is 2. The molecule has 1 aromatic heterocycles.